The van der Waals surface area contributed by atoms with E-state index in [9.17, 15) is 0 Å². The van der Waals surface area contributed by atoms with Crippen LogP contribution in [0.1, 0.15) is 31.7 Å². The van der Waals surface area contributed by atoms with Gasteiger partial charge in [-0.1, -0.05) is 105 Å². The summed E-state index contributed by atoms with van der Waals surface area (Å²) in [6.45, 7) is 0.982. The molecule has 0 bridgehead atoms. The average molecular weight is 1010 g/mol. The summed E-state index contributed by atoms with van der Waals surface area (Å²) in [6, 6.07) is 62.2. The monoisotopic (exact) mass is 1010 g/mol. The third-order valence-corrected chi connectivity index (χ3v) is 22.3. The summed E-state index contributed by atoms with van der Waals surface area (Å²) in [7, 11) is 0. The quantitative estimate of drug-likeness (QED) is 0.101. The molecule has 4 aromatic heterocycles. The van der Waals surface area contributed by atoms with Gasteiger partial charge in [0, 0.05) is 26.3 Å². The standard InChI is InChI=1S/C29H19N2.C23H15GeN2.2CH4.Ir/c1-3-9-20(10-4-1)23-14-7-15-24(21-11-5-2-6-12-21)28(23)26-17-16-25-27(31-26)19-22-13-8-18-30-29(22)25;1-3-8-18-16(6-1)17-7-2-4-9-19(17)24(18)20-10-5-13-26-14-15-11-12-25-23(24)21(15)22(20)26;;;/h1-15,17-18H,19H2;1-13H,14H2;2*1H4;/q-1;+1;;;. The fourth-order valence-electron chi connectivity index (χ4n) is 9.99. The van der Waals surface area contributed by atoms with Crippen molar-refractivity contribution in [3.63, 3.8) is 0 Å². The summed E-state index contributed by atoms with van der Waals surface area (Å²) < 4.78 is 8.51. The van der Waals surface area contributed by atoms with E-state index < -0.39 is 13.3 Å². The topological polar surface area (TPSA) is 42.5 Å². The predicted octanol–water partition coefficient (Wildman–Crippen LogP) is 9.19. The minimum absolute atomic E-state index is 0. The zero-order valence-electron chi connectivity index (χ0n) is 31.4. The molecule has 60 heavy (non-hydrogen) atoms. The molecule has 6 heteroatoms. The molecule has 0 unspecified atom stereocenters. The van der Waals surface area contributed by atoms with Crippen molar-refractivity contribution >= 4 is 31.0 Å². The summed E-state index contributed by atoms with van der Waals surface area (Å²) in [4.78, 5) is 14.8. The number of hydrogen-bond donors (Lipinski definition) is 0. The van der Waals surface area contributed by atoms with Gasteiger partial charge in [0.05, 0.1) is 0 Å². The molecule has 0 fully saturated rings. The van der Waals surface area contributed by atoms with Gasteiger partial charge in [0.15, 0.2) is 0 Å². The minimum atomic E-state index is -2.97. The van der Waals surface area contributed by atoms with E-state index in [1.165, 1.54) is 60.3 Å². The summed E-state index contributed by atoms with van der Waals surface area (Å²) in [6.07, 6.45) is 6.92. The van der Waals surface area contributed by atoms with Crippen molar-refractivity contribution in [3.8, 4) is 67.2 Å². The van der Waals surface area contributed by atoms with E-state index in [4.69, 9.17) is 9.97 Å². The van der Waals surface area contributed by atoms with E-state index in [0.29, 0.717) is 0 Å². The molecule has 4 nitrogen and oxygen atoms in total. The Kier molecular flexibility index (Phi) is 10.2. The van der Waals surface area contributed by atoms with Gasteiger partial charge in [-0.15, -0.1) is 17.7 Å². The van der Waals surface area contributed by atoms with E-state index in [1.807, 2.05) is 24.5 Å². The van der Waals surface area contributed by atoms with Gasteiger partial charge in [-0.2, -0.15) is 0 Å². The van der Waals surface area contributed by atoms with Crippen molar-refractivity contribution < 1.29 is 24.7 Å². The zero-order chi connectivity index (χ0) is 37.5. The van der Waals surface area contributed by atoms with Crippen molar-refractivity contribution in [1.29, 1.82) is 0 Å². The van der Waals surface area contributed by atoms with Crippen LogP contribution in [-0.2, 0) is 33.1 Å². The maximum absolute atomic E-state index is 5.14. The number of rotatable bonds is 3. The van der Waals surface area contributed by atoms with Crippen LogP contribution < -0.4 is 22.3 Å². The summed E-state index contributed by atoms with van der Waals surface area (Å²) in [5, 5.41) is 0. The predicted molar refractivity (Wildman–Crippen MR) is 244 cm³/mol. The van der Waals surface area contributed by atoms with Gasteiger partial charge < -0.3 is 9.97 Å². The van der Waals surface area contributed by atoms with E-state index in [1.54, 1.807) is 13.2 Å². The molecule has 5 aromatic carbocycles. The second-order valence-corrected chi connectivity index (χ2v) is 22.7. The van der Waals surface area contributed by atoms with Crippen LogP contribution in [0.2, 0.25) is 0 Å². The molecule has 0 saturated carbocycles. The fourth-order valence-corrected chi connectivity index (χ4v) is 21.5. The average Bonchev–Trinajstić information content (AvgIpc) is 4.02. The van der Waals surface area contributed by atoms with E-state index in [-0.39, 0.29) is 35.0 Å². The Hall–Kier alpha value is -6.11. The molecule has 1 radical (unpaired) electrons. The number of pyridine rings is 4. The van der Waals surface area contributed by atoms with Crippen LogP contribution in [0, 0.1) is 6.07 Å². The second kappa shape index (κ2) is 15.5. The summed E-state index contributed by atoms with van der Waals surface area (Å²) in [5.74, 6) is 0. The van der Waals surface area contributed by atoms with Gasteiger partial charge in [-0.3, -0.25) is 0 Å². The van der Waals surface area contributed by atoms with Crippen molar-refractivity contribution in [2.45, 2.75) is 27.8 Å². The number of hydrogen-bond acceptors (Lipinski definition) is 3. The Morgan fingerprint density at radius 1 is 0.533 bits per heavy atom. The third-order valence-electron chi connectivity index (χ3n) is 12.3. The molecule has 291 valence electrons. The molecule has 1 spiro atoms. The molecule has 7 heterocycles. The number of aromatic nitrogens is 4. The molecule has 13 rings (SSSR count). The second-order valence-electron chi connectivity index (χ2n) is 15.2. The van der Waals surface area contributed by atoms with Gasteiger partial charge in [0.1, 0.15) is 0 Å². The van der Waals surface area contributed by atoms with Crippen molar-refractivity contribution in [3.05, 3.63) is 205 Å². The Labute approximate surface area is 368 Å². The fraction of sp³-hybridized carbons (Fsp3) is 0.0741. The zero-order valence-corrected chi connectivity index (χ0v) is 35.9. The Morgan fingerprint density at radius 3 is 1.83 bits per heavy atom. The van der Waals surface area contributed by atoms with E-state index in [0.717, 1.165) is 41.2 Å². The van der Waals surface area contributed by atoms with E-state index >= 15 is 0 Å². The Balaban J connectivity index is 0.000000148. The van der Waals surface area contributed by atoms with E-state index in [2.05, 4.69) is 173 Å². The van der Waals surface area contributed by atoms with Crippen LogP contribution in [-0.4, -0.2) is 28.2 Å². The molecular formula is C54H42GeIrN4. The number of benzene rings is 5. The molecule has 4 aliphatic rings. The molecular weight excluding hydrogens is 969 g/mol. The molecule has 0 saturated heterocycles. The maximum atomic E-state index is 5.14. The normalized spacial score (nSPS) is 12.9. The number of fused-ring (bicyclic) bond motifs is 10. The van der Waals surface area contributed by atoms with Crippen LogP contribution in [0.5, 0.6) is 0 Å². The van der Waals surface area contributed by atoms with Crippen molar-refractivity contribution in [2.75, 3.05) is 0 Å². The number of nitrogens with zero attached hydrogens (tertiary/aromatic N) is 4. The van der Waals surface area contributed by atoms with Crippen molar-refractivity contribution in [1.82, 2.24) is 15.0 Å². The van der Waals surface area contributed by atoms with Crippen LogP contribution in [0.25, 0.3) is 67.2 Å². The first-order valence-electron chi connectivity index (χ1n) is 19.6. The van der Waals surface area contributed by atoms with Gasteiger partial charge in [0.25, 0.3) is 0 Å². The molecule has 3 aliphatic heterocycles. The molecule has 1 aliphatic carbocycles. The SMILES string of the molecule is C.C.[Ir].[c-]1cc(-c2c(-c3ccccc3)cccc2-c2ccccc2)nc2c1-c1ncccc1C2.c1cc[c]2c(c1)-c1cccc[c]1[Ge]21[c]2ccc[n+]3c2-c2c(ccn[c]21)C3. The van der Waals surface area contributed by atoms with Gasteiger partial charge in [-0.25, -0.2) is 0 Å². The summed E-state index contributed by atoms with van der Waals surface area (Å²) >= 11 is -2.97. The van der Waals surface area contributed by atoms with Crippen LogP contribution >= 0.6 is 0 Å². The first kappa shape index (κ1) is 39.4. The molecule has 9 aromatic rings. The van der Waals surface area contributed by atoms with Crippen LogP contribution in [0.3, 0.4) is 0 Å². The van der Waals surface area contributed by atoms with Crippen LogP contribution in [0.15, 0.2) is 182 Å². The van der Waals surface area contributed by atoms with Crippen molar-refractivity contribution in [2.24, 2.45) is 0 Å². The molecule has 0 atom stereocenters. The third kappa shape index (κ3) is 5.68. The Bertz CT molecular complexity index is 2940. The first-order valence-corrected chi connectivity index (χ1v) is 23.8. The molecule has 0 amide bonds. The molecule has 0 N–H and O–H groups in total. The summed E-state index contributed by atoms with van der Waals surface area (Å²) in [5.41, 5.74) is 18.3. The van der Waals surface area contributed by atoms with Gasteiger partial charge >= 0.3 is 154 Å². The van der Waals surface area contributed by atoms with Crippen LogP contribution in [0.4, 0.5) is 0 Å². The first-order chi connectivity index (χ1) is 28.3. The van der Waals surface area contributed by atoms with Gasteiger partial charge in [-0.05, 0) is 57.4 Å². The van der Waals surface area contributed by atoms with Gasteiger partial charge in [0.2, 0.25) is 0 Å². The Morgan fingerprint density at radius 2 is 1.15 bits per heavy atom.